The summed E-state index contributed by atoms with van der Waals surface area (Å²) in [6.07, 6.45) is 1.14. The molecule has 1 saturated heterocycles. The standard InChI is InChI=1S/C16H26N2O/c1-12-11-15(13(2)14(3)16(12)19-4)5-8-18-9-6-17-7-10-18/h11,17H,5-10H2,1-4H3. The number of hydrogen-bond donors (Lipinski definition) is 1. The third-order valence-electron chi connectivity index (χ3n) is 4.24. The van der Waals surface area contributed by atoms with Crippen molar-refractivity contribution in [1.82, 2.24) is 10.2 Å². The Morgan fingerprint density at radius 2 is 1.84 bits per heavy atom. The molecule has 0 aromatic heterocycles. The molecule has 106 valence electrons. The van der Waals surface area contributed by atoms with Crippen molar-refractivity contribution in [1.29, 1.82) is 0 Å². The van der Waals surface area contributed by atoms with Crippen molar-refractivity contribution in [2.45, 2.75) is 27.2 Å². The van der Waals surface area contributed by atoms with Crippen molar-refractivity contribution in [3.63, 3.8) is 0 Å². The lowest BCUT2D eigenvalue weighted by molar-refractivity contribution is 0.243. The van der Waals surface area contributed by atoms with Gasteiger partial charge in [-0.25, -0.2) is 0 Å². The number of piperazine rings is 1. The first-order valence-electron chi connectivity index (χ1n) is 7.20. The van der Waals surface area contributed by atoms with Crippen LogP contribution in [0.25, 0.3) is 0 Å². The first-order chi connectivity index (χ1) is 9.13. The summed E-state index contributed by atoms with van der Waals surface area (Å²) < 4.78 is 5.49. The second-order valence-electron chi connectivity index (χ2n) is 5.48. The van der Waals surface area contributed by atoms with Gasteiger partial charge in [-0.1, -0.05) is 6.07 Å². The molecule has 1 heterocycles. The molecule has 1 aromatic rings. The van der Waals surface area contributed by atoms with E-state index in [4.69, 9.17) is 4.74 Å². The zero-order chi connectivity index (χ0) is 13.8. The first-order valence-corrected chi connectivity index (χ1v) is 7.20. The topological polar surface area (TPSA) is 24.5 Å². The molecule has 3 heteroatoms. The highest BCUT2D eigenvalue weighted by Crippen LogP contribution is 2.28. The monoisotopic (exact) mass is 262 g/mol. The normalized spacial score (nSPS) is 16.6. The number of methoxy groups -OCH3 is 1. The Morgan fingerprint density at radius 3 is 2.47 bits per heavy atom. The van der Waals surface area contributed by atoms with Gasteiger partial charge in [-0.2, -0.15) is 0 Å². The fraction of sp³-hybridized carbons (Fsp3) is 0.625. The largest absolute Gasteiger partial charge is 0.496 e. The summed E-state index contributed by atoms with van der Waals surface area (Å²) in [4.78, 5) is 2.55. The molecule has 0 amide bonds. The summed E-state index contributed by atoms with van der Waals surface area (Å²) in [6.45, 7) is 12.3. The Hall–Kier alpha value is -1.06. The molecule has 0 saturated carbocycles. The van der Waals surface area contributed by atoms with E-state index in [9.17, 15) is 0 Å². The van der Waals surface area contributed by atoms with Crippen LogP contribution in [0.15, 0.2) is 6.07 Å². The Bertz CT molecular complexity index is 437. The maximum absolute atomic E-state index is 5.49. The van der Waals surface area contributed by atoms with E-state index in [2.05, 4.69) is 37.1 Å². The quantitative estimate of drug-likeness (QED) is 0.899. The average Bonchev–Trinajstić information content (AvgIpc) is 2.43. The third kappa shape index (κ3) is 3.28. The van der Waals surface area contributed by atoms with E-state index >= 15 is 0 Å². The molecule has 0 unspecified atom stereocenters. The maximum atomic E-state index is 5.49. The van der Waals surface area contributed by atoms with Crippen LogP contribution in [0.1, 0.15) is 22.3 Å². The van der Waals surface area contributed by atoms with Crippen LogP contribution in [-0.2, 0) is 6.42 Å². The van der Waals surface area contributed by atoms with Crippen molar-refractivity contribution in [3.8, 4) is 5.75 Å². The van der Waals surface area contributed by atoms with Gasteiger partial charge in [-0.15, -0.1) is 0 Å². The molecule has 19 heavy (non-hydrogen) atoms. The summed E-state index contributed by atoms with van der Waals surface area (Å²) in [7, 11) is 1.76. The number of hydrogen-bond acceptors (Lipinski definition) is 3. The highest BCUT2D eigenvalue weighted by molar-refractivity contribution is 5.49. The minimum absolute atomic E-state index is 1.04. The van der Waals surface area contributed by atoms with Crippen molar-refractivity contribution >= 4 is 0 Å². The third-order valence-corrected chi connectivity index (χ3v) is 4.24. The molecule has 1 aliphatic heterocycles. The molecule has 1 fully saturated rings. The van der Waals surface area contributed by atoms with Crippen LogP contribution >= 0.6 is 0 Å². The SMILES string of the molecule is COc1c(C)cc(CCN2CCNCC2)c(C)c1C. The Morgan fingerprint density at radius 1 is 1.16 bits per heavy atom. The zero-order valence-corrected chi connectivity index (χ0v) is 12.7. The van der Waals surface area contributed by atoms with Gasteiger partial charge in [-0.05, 0) is 49.4 Å². The van der Waals surface area contributed by atoms with Gasteiger partial charge in [0.1, 0.15) is 5.75 Å². The molecule has 1 aromatic carbocycles. The van der Waals surface area contributed by atoms with E-state index in [-0.39, 0.29) is 0 Å². The summed E-state index contributed by atoms with van der Waals surface area (Å²) in [6, 6.07) is 2.30. The van der Waals surface area contributed by atoms with E-state index < -0.39 is 0 Å². The molecule has 1 N–H and O–H groups in total. The summed E-state index contributed by atoms with van der Waals surface area (Å²) in [5.74, 6) is 1.04. The number of aryl methyl sites for hydroxylation is 1. The van der Waals surface area contributed by atoms with Gasteiger partial charge in [-0.3, -0.25) is 0 Å². The number of ether oxygens (including phenoxy) is 1. The average molecular weight is 262 g/mol. The predicted octanol–water partition coefficient (Wildman–Crippen LogP) is 2.07. The number of nitrogens with zero attached hydrogens (tertiary/aromatic N) is 1. The first kappa shape index (κ1) is 14.4. The number of nitrogens with one attached hydrogen (secondary N) is 1. The highest BCUT2D eigenvalue weighted by atomic mass is 16.5. The summed E-state index contributed by atoms with van der Waals surface area (Å²) >= 11 is 0. The Kier molecular flexibility index (Phi) is 4.83. The van der Waals surface area contributed by atoms with E-state index in [1.54, 1.807) is 7.11 Å². The Labute approximate surface area is 116 Å². The van der Waals surface area contributed by atoms with E-state index in [0.717, 1.165) is 31.8 Å². The minimum atomic E-state index is 1.04. The lowest BCUT2D eigenvalue weighted by Crippen LogP contribution is -2.44. The van der Waals surface area contributed by atoms with Crippen molar-refractivity contribution < 1.29 is 4.74 Å². The molecule has 0 atom stereocenters. The van der Waals surface area contributed by atoms with Crippen LogP contribution in [0.4, 0.5) is 0 Å². The summed E-state index contributed by atoms with van der Waals surface area (Å²) in [5.41, 5.74) is 5.39. The molecule has 0 bridgehead atoms. The van der Waals surface area contributed by atoms with Crippen molar-refractivity contribution in [2.24, 2.45) is 0 Å². The fourth-order valence-corrected chi connectivity index (χ4v) is 2.93. The molecule has 0 radical (unpaired) electrons. The maximum Gasteiger partial charge on any atom is 0.124 e. The molecule has 3 nitrogen and oxygen atoms in total. The van der Waals surface area contributed by atoms with Gasteiger partial charge in [0.25, 0.3) is 0 Å². The van der Waals surface area contributed by atoms with Gasteiger partial charge < -0.3 is 15.0 Å². The Balaban J connectivity index is 2.07. The second-order valence-corrected chi connectivity index (χ2v) is 5.48. The van der Waals surface area contributed by atoms with E-state index in [1.165, 1.54) is 35.3 Å². The zero-order valence-electron chi connectivity index (χ0n) is 12.7. The smallest absolute Gasteiger partial charge is 0.124 e. The fourth-order valence-electron chi connectivity index (χ4n) is 2.93. The van der Waals surface area contributed by atoms with E-state index in [0.29, 0.717) is 0 Å². The van der Waals surface area contributed by atoms with Crippen LogP contribution in [0.2, 0.25) is 0 Å². The minimum Gasteiger partial charge on any atom is -0.496 e. The van der Waals surface area contributed by atoms with Crippen LogP contribution < -0.4 is 10.1 Å². The second kappa shape index (κ2) is 6.40. The highest BCUT2D eigenvalue weighted by Gasteiger charge is 2.13. The number of rotatable bonds is 4. The molecule has 0 aliphatic carbocycles. The van der Waals surface area contributed by atoms with Gasteiger partial charge in [0, 0.05) is 32.7 Å². The molecule has 2 rings (SSSR count). The van der Waals surface area contributed by atoms with Gasteiger partial charge in [0.05, 0.1) is 7.11 Å². The molecule has 1 aliphatic rings. The van der Waals surface area contributed by atoms with Gasteiger partial charge >= 0.3 is 0 Å². The lowest BCUT2D eigenvalue weighted by atomic mass is 9.96. The predicted molar refractivity (Wildman–Crippen MR) is 80.2 cm³/mol. The van der Waals surface area contributed by atoms with Crippen LogP contribution in [0.3, 0.4) is 0 Å². The van der Waals surface area contributed by atoms with Crippen molar-refractivity contribution in [3.05, 3.63) is 28.3 Å². The van der Waals surface area contributed by atoms with Crippen LogP contribution in [0.5, 0.6) is 5.75 Å². The lowest BCUT2D eigenvalue weighted by Gasteiger charge is -2.27. The summed E-state index contributed by atoms with van der Waals surface area (Å²) in [5, 5.41) is 3.40. The molecule has 0 spiro atoms. The van der Waals surface area contributed by atoms with Gasteiger partial charge in [0.2, 0.25) is 0 Å². The van der Waals surface area contributed by atoms with Crippen molar-refractivity contribution in [2.75, 3.05) is 39.8 Å². The molecular weight excluding hydrogens is 236 g/mol. The van der Waals surface area contributed by atoms with E-state index in [1.807, 2.05) is 0 Å². The number of benzene rings is 1. The van der Waals surface area contributed by atoms with Gasteiger partial charge in [0.15, 0.2) is 0 Å². The van der Waals surface area contributed by atoms with Crippen LogP contribution in [0, 0.1) is 20.8 Å². The van der Waals surface area contributed by atoms with Crippen LogP contribution in [-0.4, -0.2) is 44.7 Å². The molecular formula is C16H26N2O.